The van der Waals surface area contributed by atoms with Crippen LogP contribution in [0.15, 0.2) is 0 Å². The van der Waals surface area contributed by atoms with Crippen molar-refractivity contribution < 1.29 is 8.76 Å². The maximum absolute atomic E-state index is 11.2. The number of rotatable bonds is 1. The zero-order chi connectivity index (χ0) is 9.35. The molecule has 0 bridgehead atoms. The number of nitrogens with zero attached hydrogens (tertiary/aromatic N) is 1. The molecule has 6 heteroatoms. The monoisotopic (exact) mass is 226 g/mol. The van der Waals surface area contributed by atoms with Gasteiger partial charge in [-0.3, -0.25) is 0 Å². The predicted molar refractivity (Wildman–Crippen MR) is 58.2 cm³/mol. The molecule has 1 aliphatic rings. The van der Waals surface area contributed by atoms with Gasteiger partial charge >= 0.3 is 0 Å². The summed E-state index contributed by atoms with van der Waals surface area (Å²) in [5, 5.41) is 0. The topological polar surface area (TPSA) is 40.5 Å². The molecule has 0 spiro atoms. The van der Waals surface area contributed by atoms with E-state index < -0.39 is 10.2 Å². The van der Waals surface area contributed by atoms with Crippen molar-refractivity contribution in [2.75, 3.05) is 18.6 Å². The van der Waals surface area contributed by atoms with Crippen LogP contribution < -0.4 is 0 Å². The third-order valence-electron chi connectivity index (χ3n) is 2.07. The third-order valence-corrected chi connectivity index (χ3v) is 4.45. The molecule has 1 heterocycles. The van der Waals surface area contributed by atoms with Crippen LogP contribution in [0.5, 0.6) is 0 Å². The molecule has 1 rings (SSSR count). The van der Waals surface area contributed by atoms with Crippen LogP contribution in [-0.4, -0.2) is 38.4 Å². The van der Waals surface area contributed by atoms with Gasteiger partial charge in [0.25, 0.3) is 0 Å². The molecule has 1 aliphatic heterocycles. The van der Waals surface area contributed by atoms with Crippen molar-refractivity contribution in [3.8, 4) is 0 Å². The predicted octanol–water partition coefficient (Wildman–Crippen LogP) is 0.878. The van der Waals surface area contributed by atoms with Crippen molar-refractivity contribution in [3.05, 3.63) is 0 Å². The minimum absolute atomic E-state index is 0.0903. The lowest BCUT2D eigenvalue weighted by Gasteiger charge is -2.21. The first-order valence-corrected chi connectivity index (χ1v) is 6.31. The van der Waals surface area contributed by atoms with Gasteiger partial charge in [-0.05, 0) is 0 Å². The Kier molecular flexibility index (Phi) is 3.14. The Morgan fingerprint density at radius 1 is 1.83 bits per heavy atom. The molecule has 3 nitrogen and oxygen atoms in total. The standard InChI is InChI=1S/C6H11NO2S3/c1-7(6(10)11)5-2-3-12(8,9)4-5/h5H,2-4H2,1H3,(H-,8,9,10,11)/p+1/t5-/m0/s1. The zero-order valence-corrected chi connectivity index (χ0v) is 9.29. The molecule has 1 fully saturated rings. The number of thiol groups is 1. The summed E-state index contributed by atoms with van der Waals surface area (Å²) in [7, 11) is -0.753. The van der Waals surface area contributed by atoms with Crippen molar-refractivity contribution in [2.24, 2.45) is 0 Å². The lowest BCUT2D eigenvalue weighted by atomic mass is 10.2. The van der Waals surface area contributed by atoms with E-state index >= 15 is 0 Å². The maximum Gasteiger partial charge on any atom is 0.216 e. The van der Waals surface area contributed by atoms with Crippen LogP contribution in [0.2, 0.25) is 0 Å². The lowest BCUT2D eigenvalue weighted by molar-refractivity contribution is 0.407. The summed E-state index contributed by atoms with van der Waals surface area (Å²) in [6.07, 6.45) is 0.729. The molecular formula is C6H12NO2S3+. The SMILES string of the molecule is CN(C(=S)S)[C@H]1CC[S+](=O)(O)C1. The summed E-state index contributed by atoms with van der Waals surface area (Å²) in [5.41, 5.74) is 0. The van der Waals surface area contributed by atoms with Gasteiger partial charge in [-0.2, -0.15) is 4.55 Å². The molecule has 70 valence electrons. The Hall–Kier alpha value is 0.350. The van der Waals surface area contributed by atoms with Crippen molar-refractivity contribution in [1.29, 1.82) is 0 Å². The second-order valence-corrected chi connectivity index (χ2v) is 6.38. The molecule has 0 amide bonds. The normalized spacial score (nSPS) is 35.1. The molecule has 12 heavy (non-hydrogen) atoms. The highest BCUT2D eigenvalue weighted by atomic mass is 32.3. The van der Waals surface area contributed by atoms with Crippen LogP contribution in [0.1, 0.15) is 6.42 Å². The number of thiocarbonyl (C=S) groups is 1. The van der Waals surface area contributed by atoms with Gasteiger partial charge in [0.2, 0.25) is 10.2 Å². The van der Waals surface area contributed by atoms with E-state index in [1.54, 1.807) is 11.9 Å². The second kappa shape index (κ2) is 3.61. The summed E-state index contributed by atoms with van der Waals surface area (Å²) in [6.45, 7) is 0. The minimum Gasteiger partial charge on any atom is -0.353 e. The Balaban J connectivity index is 2.58. The van der Waals surface area contributed by atoms with Gasteiger partial charge < -0.3 is 4.90 Å². The molecule has 0 aromatic rings. The Labute approximate surface area is 84.2 Å². The summed E-state index contributed by atoms with van der Waals surface area (Å²) in [5.74, 6) is 0.711. The number of hydrogen-bond donors (Lipinski definition) is 2. The van der Waals surface area contributed by atoms with Gasteiger partial charge in [-0.15, -0.1) is 12.6 Å². The maximum atomic E-state index is 11.2. The Morgan fingerprint density at radius 2 is 2.42 bits per heavy atom. The molecule has 0 aromatic carbocycles. The third kappa shape index (κ3) is 2.42. The van der Waals surface area contributed by atoms with Gasteiger partial charge in [0.1, 0.15) is 10.1 Å². The molecule has 1 saturated heterocycles. The summed E-state index contributed by atoms with van der Waals surface area (Å²) in [6, 6.07) is 0.0903. The molecular weight excluding hydrogens is 214 g/mol. The largest absolute Gasteiger partial charge is 0.353 e. The molecule has 1 unspecified atom stereocenters. The van der Waals surface area contributed by atoms with Crippen molar-refractivity contribution in [2.45, 2.75) is 12.5 Å². The molecule has 0 aromatic heterocycles. The van der Waals surface area contributed by atoms with Crippen LogP contribution in [0.25, 0.3) is 0 Å². The van der Waals surface area contributed by atoms with Gasteiger partial charge in [0.05, 0.1) is 6.04 Å². The second-order valence-electron chi connectivity index (χ2n) is 2.98. The van der Waals surface area contributed by atoms with Crippen LogP contribution >= 0.6 is 24.8 Å². The van der Waals surface area contributed by atoms with Gasteiger partial charge in [0, 0.05) is 13.5 Å². The highest BCUT2D eigenvalue weighted by molar-refractivity contribution is 8.10. The fourth-order valence-corrected chi connectivity index (χ4v) is 3.36. The first-order valence-electron chi connectivity index (χ1n) is 3.60. The Bertz CT molecular complexity index is 243. The molecule has 0 aliphatic carbocycles. The van der Waals surface area contributed by atoms with E-state index in [1.807, 2.05) is 0 Å². The number of hydrogen-bond acceptors (Lipinski definition) is 2. The zero-order valence-electron chi connectivity index (χ0n) is 6.77. The van der Waals surface area contributed by atoms with E-state index in [4.69, 9.17) is 12.2 Å². The smallest absolute Gasteiger partial charge is 0.216 e. The molecule has 0 saturated carbocycles. The summed E-state index contributed by atoms with van der Waals surface area (Å²) < 4.78 is 20.9. The van der Waals surface area contributed by atoms with Gasteiger partial charge in [0.15, 0.2) is 5.75 Å². The van der Waals surface area contributed by atoms with E-state index in [0.29, 0.717) is 15.8 Å². The average Bonchev–Trinajstić information content (AvgIpc) is 2.28. The van der Waals surface area contributed by atoms with Crippen LogP contribution in [0.4, 0.5) is 0 Å². The first-order chi connectivity index (χ1) is 5.42. The van der Waals surface area contributed by atoms with Crippen LogP contribution in [0.3, 0.4) is 0 Å². The summed E-state index contributed by atoms with van der Waals surface area (Å²) in [4.78, 5) is 1.78. The first kappa shape index (κ1) is 10.4. The van der Waals surface area contributed by atoms with E-state index in [2.05, 4.69) is 12.6 Å². The van der Waals surface area contributed by atoms with E-state index in [9.17, 15) is 8.76 Å². The minimum atomic E-state index is -2.56. The molecule has 2 atom stereocenters. The Morgan fingerprint density at radius 3 is 2.75 bits per heavy atom. The quantitative estimate of drug-likeness (QED) is 0.395. The van der Waals surface area contributed by atoms with Gasteiger partial charge in [-0.1, -0.05) is 16.4 Å². The van der Waals surface area contributed by atoms with Crippen molar-refractivity contribution >= 4 is 39.4 Å². The van der Waals surface area contributed by atoms with Gasteiger partial charge in [-0.25, -0.2) is 0 Å². The van der Waals surface area contributed by atoms with E-state index in [0.717, 1.165) is 6.42 Å². The van der Waals surface area contributed by atoms with E-state index in [-0.39, 0.29) is 6.04 Å². The fraction of sp³-hybridized carbons (Fsp3) is 0.833. The van der Waals surface area contributed by atoms with Crippen LogP contribution in [-0.2, 0) is 14.4 Å². The van der Waals surface area contributed by atoms with Crippen molar-refractivity contribution in [3.63, 3.8) is 0 Å². The van der Waals surface area contributed by atoms with Crippen LogP contribution in [0, 0.1) is 0 Å². The molecule has 0 radical (unpaired) electrons. The highest BCUT2D eigenvalue weighted by Crippen LogP contribution is 2.21. The molecule has 1 N–H and O–H groups in total. The summed E-state index contributed by atoms with van der Waals surface area (Å²) >= 11 is 8.85. The van der Waals surface area contributed by atoms with E-state index in [1.165, 1.54) is 0 Å². The lowest BCUT2D eigenvalue weighted by Crippen LogP contribution is -2.34. The average molecular weight is 226 g/mol. The van der Waals surface area contributed by atoms with Crippen molar-refractivity contribution in [1.82, 2.24) is 4.90 Å². The fourth-order valence-electron chi connectivity index (χ4n) is 1.25. The highest BCUT2D eigenvalue weighted by Gasteiger charge is 2.40.